The number of hydrogen-bond acceptors (Lipinski definition) is 2. The molecule has 1 saturated heterocycles. The predicted octanol–water partition coefficient (Wildman–Crippen LogP) is 2.56. The van der Waals surface area contributed by atoms with Crippen LogP contribution in [0.3, 0.4) is 0 Å². The van der Waals surface area contributed by atoms with Crippen LogP contribution in [0.2, 0.25) is 5.02 Å². The summed E-state index contributed by atoms with van der Waals surface area (Å²) in [5, 5.41) is 0.427. The Morgan fingerprint density at radius 1 is 1.20 bits per heavy atom. The number of likely N-dealkylation sites (tertiary alicyclic amines) is 1. The average Bonchev–Trinajstić information content (AvgIpc) is 2.36. The van der Waals surface area contributed by atoms with E-state index in [0.29, 0.717) is 35.5 Å². The minimum absolute atomic E-state index is 0.167. The molecule has 108 valence electrons. The summed E-state index contributed by atoms with van der Waals surface area (Å²) in [6, 6.07) is 4.60. The van der Waals surface area contributed by atoms with Crippen LogP contribution in [0, 0.1) is 11.8 Å². The van der Waals surface area contributed by atoms with Crippen molar-refractivity contribution in [1.29, 1.82) is 0 Å². The van der Waals surface area contributed by atoms with Gasteiger partial charge in [0.25, 0.3) is 5.91 Å². The van der Waals surface area contributed by atoms with Gasteiger partial charge in [-0.3, -0.25) is 9.59 Å². The molecule has 4 nitrogen and oxygen atoms in total. The van der Waals surface area contributed by atoms with Crippen LogP contribution >= 0.6 is 11.6 Å². The maximum atomic E-state index is 12.6. The highest BCUT2D eigenvalue weighted by molar-refractivity contribution is 6.31. The quantitative estimate of drug-likeness (QED) is 0.911. The number of halogens is 1. The van der Waals surface area contributed by atoms with Crippen molar-refractivity contribution in [3.8, 4) is 0 Å². The molecule has 2 N–H and O–H groups in total. The van der Waals surface area contributed by atoms with Gasteiger partial charge in [-0.2, -0.15) is 0 Å². The lowest BCUT2D eigenvalue weighted by atomic mass is 9.91. The second-order valence-electron chi connectivity index (χ2n) is 5.71. The Labute approximate surface area is 123 Å². The zero-order valence-corrected chi connectivity index (χ0v) is 12.5. The molecule has 1 aromatic carbocycles. The summed E-state index contributed by atoms with van der Waals surface area (Å²) in [5.41, 5.74) is 5.86. The number of rotatable bonds is 2. The molecule has 5 heteroatoms. The number of benzene rings is 1. The third kappa shape index (κ3) is 3.12. The van der Waals surface area contributed by atoms with Gasteiger partial charge in [0.2, 0.25) is 5.91 Å². The number of nitrogens with two attached hydrogens (primary N) is 1. The second kappa shape index (κ2) is 5.83. The first-order chi connectivity index (χ1) is 9.38. The van der Waals surface area contributed by atoms with Crippen LogP contribution in [0.5, 0.6) is 0 Å². The van der Waals surface area contributed by atoms with Crippen molar-refractivity contribution in [2.75, 3.05) is 13.1 Å². The third-order valence-corrected chi connectivity index (χ3v) is 3.87. The van der Waals surface area contributed by atoms with Gasteiger partial charge in [-0.15, -0.1) is 0 Å². The molecule has 2 amide bonds. The summed E-state index contributed by atoms with van der Waals surface area (Å²) >= 11 is 5.94. The first-order valence-corrected chi connectivity index (χ1v) is 7.15. The highest BCUT2D eigenvalue weighted by atomic mass is 35.5. The van der Waals surface area contributed by atoms with E-state index in [1.807, 2.05) is 0 Å². The Morgan fingerprint density at radius 3 is 2.35 bits per heavy atom. The summed E-state index contributed by atoms with van der Waals surface area (Å²) in [7, 11) is 0. The van der Waals surface area contributed by atoms with E-state index in [0.717, 1.165) is 6.42 Å². The molecule has 0 radical (unpaired) electrons. The minimum atomic E-state index is -0.608. The fourth-order valence-electron chi connectivity index (χ4n) is 2.91. The van der Waals surface area contributed by atoms with Crippen LogP contribution in [0.25, 0.3) is 0 Å². The monoisotopic (exact) mass is 294 g/mol. The molecule has 0 aromatic heterocycles. The zero-order valence-electron chi connectivity index (χ0n) is 11.7. The Hall–Kier alpha value is -1.55. The predicted molar refractivity (Wildman–Crippen MR) is 78.8 cm³/mol. The molecule has 1 fully saturated rings. The van der Waals surface area contributed by atoms with Crippen molar-refractivity contribution in [2.45, 2.75) is 20.3 Å². The van der Waals surface area contributed by atoms with Crippen molar-refractivity contribution in [3.63, 3.8) is 0 Å². The van der Waals surface area contributed by atoms with E-state index in [1.54, 1.807) is 11.0 Å². The van der Waals surface area contributed by atoms with E-state index in [2.05, 4.69) is 13.8 Å². The lowest BCUT2D eigenvalue weighted by Gasteiger charge is -2.35. The van der Waals surface area contributed by atoms with Gasteiger partial charge in [0, 0.05) is 18.1 Å². The molecule has 0 aliphatic carbocycles. The Balaban J connectivity index is 2.33. The maximum Gasteiger partial charge on any atom is 0.254 e. The highest BCUT2D eigenvalue weighted by Gasteiger charge is 2.28. The van der Waals surface area contributed by atoms with Gasteiger partial charge < -0.3 is 10.6 Å². The Kier molecular flexibility index (Phi) is 4.33. The lowest BCUT2D eigenvalue weighted by Crippen LogP contribution is -2.43. The van der Waals surface area contributed by atoms with Crippen LogP contribution in [-0.2, 0) is 0 Å². The van der Waals surface area contributed by atoms with Crippen LogP contribution < -0.4 is 5.73 Å². The highest BCUT2D eigenvalue weighted by Crippen LogP contribution is 2.24. The van der Waals surface area contributed by atoms with Crippen molar-refractivity contribution in [1.82, 2.24) is 4.90 Å². The standard InChI is InChI=1S/C15H19ClN2O2/c1-9-5-10(2)8-18(7-9)15(20)13-6-11(16)3-4-12(13)14(17)19/h3-4,6,9-10H,5,7-8H2,1-2H3,(H2,17,19)/t9-,10+. The fraction of sp³-hybridized carbons (Fsp3) is 0.467. The van der Waals surface area contributed by atoms with Crippen LogP contribution in [0.1, 0.15) is 41.0 Å². The molecule has 0 bridgehead atoms. The number of hydrogen-bond donors (Lipinski definition) is 1. The van der Waals surface area contributed by atoms with Crippen molar-refractivity contribution >= 4 is 23.4 Å². The summed E-state index contributed by atoms with van der Waals surface area (Å²) in [6.07, 6.45) is 1.11. The van der Waals surface area contributed by atoms with Gasteiger partial charge >= 0.3 is 0 Å². The van der Waals surface area contributed by atoms with Gasteiger partial charge in [0.15, 0.2) is 0 Å². The number of amides is 2. The van der Waals surface area contributed by atoms with E-state index in [1.165, 1.54) is 12.1 Å². The summed E-state index contributed by atoms with van der Waals surface area (Å²) in [6.45, 7) is 5.66. The number of carbonyl (C=O) groups is 2. The summed E-state index contributed by atoms with van der Waals surface area (Å²) < 4.78 is 0. The van der Waals surface area contributed by atoms with E-state index >= 15 is 0 Å². The van der Waals surface area contributed by atoms with Gasteiger partial charge in [0.05, 0.1) is 11.1 Å². The second-order valence-corrected chi connectivity index (χ2v) is 6.15. The van der Waals surface area contributed by atoms with E-state index in [-0.39, 0.29) is 11.5 Å². The largest absolute Gasteiger partial charge is 0.366 e. The van der Waals surface area contributed by atoms with E-state index < -0.39 is 5.91 Å². The SMILES string of the molecule is C[C@@H]1C[C@H](C)CN(C(=O)c2cc(Cl)ccc2C(N)=O)C1. The van der Waals surface area contributed by atoms with Gasteiger partial charge in [-0.25, -0.2) is 0 Å². The molecule has 1 aliphatic heterocycles. The normalized spacial score (nSPS) is 22.6. The smallest absolute Gasteiger partial charge is 0.254 e. The summed E-state index contributed by atoms with van der Waals surface area (Å²) in [4.78, 5) is 25.9. The number of primary amides is 1. The molecule has 20 heavy (non-hydrogen) atoms. The number of carbonyl (C=O) groups excluding carboxylic acids is 2. The van der Waals surface area contributed by atoms with Gasteiger partial charge in [0.1, 0.15) is 0 Å². The minimum Gasteiger partial charge on any atom is -0.366 e. The molecule has 1 heterocycles. The molecule has 0 spiro atoms. The molecular weight excluding hydrogens is 276 g/mol. The molecule has 2 atom stereocenters. The van der Waals surface area contributed by atoms with E-state index in [4.69, 9.17) is 17.3 Å². The first kappa shape index (κ1) is 14.9. The Morgan fingerprint density at radius 2 is 1.80 bits per heavy atom. The summed E-state index contributed by atoms with van der Waals surface area (Å²) in [5.74, 6) is 0.139. The van der Waals surface area contributed by atoms with Gasteiger partial charge in [-0.1, -0.05) is 25.4 Å². The number of nitrogens with zero attached hydrogens (tertiary/aromatic N) is 1. The Bertz CT molecular complexity index is 535. The van der Waals surface area contributed by atoms with Crippen LogP contribution in [0.4, 0.5) is 0 Å². The van der Waals surface area contributed by atoms with Crippen LogP contribution in [-0.4, -0.2) is 29.8 Å². The lowest BCUT2D eigenvalue weighted by molar-refractivity contribution is 0.0620. The molecule has 0 unspecified atom stereocenters. The molecule has 1 aliphatic rings. The maximum absolute atomic E-state index is 12.6. The topological polar surface area (TPSA) is 63.4 Å². The van der Waals surface area contributed by atoms with Gasteiger partial charge in [-0.05, 0) is 36.5 Å². The fourth-order valence-corrected chi connectivity index (χ4v) is 3.08. The number of piperidine rings is 1. The van der Waals surface area contributed by atoms with Crippen molar-refractivity contribution in [2.24, 2.45) is 17.6 Å². The molecule has 1 aromatic rings. The molecule has 0 saturated carbocycles. The van der Waals surface area contributed by atoms with Crippen LogP contribution in [0.15, 0.2) is 18.2 Å². The average molecular weight is 295 g/mol. The molecular formula is C15H19ClN2O2. The third-order valence-electron chi connectivity index (χ3n) is 3.63. The van der Waals surface area contributed by atoms with Crippen molar-refractivity contribution in [3.05, 3.63) is 34.3 Å². The van der Waals surface area contributed by atoms with Crippen molar-refractivity contribution < 1.29 is 9.59 Å². The van der Waals surface area contributed by atoms with E-state index in [9.17, 15) is 9.59 Å². The first-order valence-electron chi connectivity index (χ1n) is 6.77. The zero-order chi connectivity index (χ0) is 14.9. The molecule has 2 rings (SSSR count).